The summed E-state index contributed by atoms with van der Waals surface area (Å²) in [4.78, 5) is 6.00. The van der Waals surface area contributed by atoms with Crippen LogP contribution in [-0.2, 0) is 17.0 Å². The summed E-state index contributed by atoms with van der Waals surface area (Å²) in [5.41, 5.74) is 0. The van der Waals surface area contributed by atoms with Gasteiger partial charge in [-0.25, -0.2) is 0 Å². The van der Waals surface area contributed by atoms with Crippen molar-refractivity contribution in [3.05, 3.63) is 14.1 Å². The molecular formula is C4H8Cl2N2Ti-2. The number of rotatable bonds is 0. The van der Waals surface area contributed by atoms with Crippen molar-refractivity contribution in [1.29, 1.82) is 0 Å². The van der Waals surface area contributed by atoms with Crippen molar-refractivity contribution >= 4 is 32.0 Å². The SMILES string of the molecule is C=N[CH2-].C=N[CH2-].[Cl][Ti][Cl]. The molecule has 0 aromatic carbocycles. The van der Waals surface area contributed by atoms with Crippen LogP contribution in [0.2, 0.25) is 0 Å². The van der Waals surface area contributed by atoms with Gasteiger partial charge in [0.05, 0.1) is 0 Å². The number of hydrogen-bond acceptors (Lipinski definition) is 2. The number of aliphatic imine (C=N–C) groups is 2. The van der Waals surface area contributed by atoms with E-state index in [4.69, 9.17) is 18.6 Å². The predicted molar refractivity (Wildman–Crippen MR) is 41.5 cm³/mol. The van der Waals surface area contributed by atoms with Crippen LogP contribution in [-0.4, -0.2) is 13.4 Å². The standard InChI is InChI=1S/2C2H4N.2ClH.Ti/c2*1-3-2;;;/h2*1-2H2;2*1H;/q2*-1;;;+2/p-2. The molecule has 54 valence electrons. The summed E-state index contributed by atoms with van der Waals surface area (Å²) < 4.78 is 0. The summed E-state index contributed by atoms with van der Waals surface area (Å²) in [5, 5.41) is 0. The number of nitrogens with zero attached hydrogens (tertiary/aromatic N) is 2. The molecule has 0 rings (SSSR count). The topological polar surface area (TPSA) is 24.7 Å². The first kappa shape index (κ1) is 16.2. The van der Waals surface area contributed by atoms with E-state index in [-0.39, 0.29) is 0 Å². The van der Waals surface area contributed by atoms with Crippen LogP contribution in [0.4, 0.5) is 0 Å². The van der Waals surface area contributed by atoms with Crippen molar-refractivity contribution in [3.8, 4) is 0 Å². The van der Waals surface area contributed by atoms with Crippen LogP contribution in [0.15, 0.2) is 9.98 Å². The summed E-state index contributed by atoms with van der Waals surface area (Å²) >= 11 is -0.556. The predicted octanol–water partition coefficient (Wildman–Crippen LogP) is 2.33. The van der Waals surface area contributed by atoms with E-state index in [1.54, 1.807) is 0 Å². The molecular weight excluding hydrogens is 195 g/mol. The van der Waals surface area contributed by atoms with Gasteiger partial charge in [0, 0.05) is 0 Å². The second-order valence-electron chi connectivity index (χ2n) is 0.519. The van der Waals surface area contributed by atoms with Gasteiger partial charge in [0.1, 0.15) is 0 Å². The van der Waals surface area contributed by atoms with Crippen molar-refractivity contribution < 1.29 is 17.0 Å². The van der Waals surface area contributed by atoms with E-state index in [9.17, 15) is 0 Å². The van der Waals surface area contributed by atoms with Crippen molar-refractivity contribution in [2.75, 3.05) is 0 Å². The Kier molecular flexibility index (Phi) is 71.9. The van der Waals surface area contributed by atoms with Gasteiger partial charge < -0.3 is 9.98 Å². The Labute approximate surface area is 73.1 Å². The molecule has 2 nitrogen and oxygen atoms in total. The van der Waals surface area contributed by atoms with E-state index in [0.717, 1.165) is 0 Å². The van der Waals surface area contributed by atoms with E-state index in [1.807, 2.05) is 0 Å². The van der Waals surface area contributed by atoms with Gasteiger partial charge in [-0.05, 0) is 0 Å². The average molecular weight is 203 g/mol. The molecule has 0 atom stereocenters. The molecule has 0 unspecified atom stereocenters. The Morgan fingerprint density at radius 3 is 1.11 bits per heavy atom. The van der Waals surface area contributed by atoms with Gasteiger partial charge in [0.2, 0.25) is 0 Å². The van der Waals surface area contributed by atoms with Gasteiger partial charge in [-0.2, -0.15) is 27.5 Å². The van der Waals surface area contributed by atoms with Gasteiger partial charge >= 0.3 is 35.6 Å². The fourth-order valence-corrected chi connectivity index (χ4v) is 0. The van der Waals surface area contributed by atoms with Crippen molar-refractivity contribution in [2.24, 2.45) is 9.98 Å². The fourth-order valence-electron chi connectivity index (χ4n) is 0. The third-order valence-corrected chi connectivity index (χ3v) is 0. The molecule has 0 bridgehead atoms. The van der Waals surface area contributed by atoms with Crippen LogP contribution >= 0.6 is 18.6 Å². The molecule has 9 heavy (non-hydrogen) atoms. The van der Waals surface area contributed by atoms with Crippen molar-refractivity contribution in [3.63, 3.8) is 0 Å². The van der Waals surface area contributed by atoms with E-state index in [2.05, 4.69) is 37.5 Å². The Hall–Kier alpha value is 0.374. The molecule has 0 aliphatic heterocycles. The Morgan fingerprint density at radius 1 is 1.11 bits per heavy atom. The van der Waals surface area contributed by atoms with Crippen LogP contribution in [0.1, 0.15) is 0 Å². The Balaban J connectivity index is -0.0000000600. The minimum absolute atomic E-state index is 0.556. The zero-order chi connectivity index (χ0) is 8.12. The minimum atomic E-state index is -0.556. The van der Waals surface area contributed by atoms with Gasteiger partial charge in [-0.15, -0.1) is 0 Å². The summed E-state index contributed by atoms with van der Waals surface area (Å²) in [6, 6.07) is 0. The van der Waals surface area contributed by atoms with Gasteiger partial charge in [-0.3, -0.25) is 0 Å². The second kappa shape index (κ2) is 40.0. The van der Waals surface area contributed by atoms with Crippen LogP contribution in [0.5, 0.6) is 0 Å². The average Bonchev–Trinajstić information content (AvgIpc) is 1.70. The summed E-state index contributed by atoms with van der Waals surface area (Å²) in [6.45, 7) is 6.00. The monoisotopic (exact) mass is 202 g/mol. The van der Waals surface area contributed by atoms with Gasteiger partial charge in [0.25, 0.3) is 0 Å². The third kappa shape index (κ3) is 2430. The first-order valence-electron chi connectivity index (χ1n) is 1.64. The molecule has 0 spiro atoms. The molecule has 0 fully saturated rings. The van der Waals surface area contributed by atoms with E-state index in [0.29, 0.717) is 0 Å². The Morgan fingerprint density at radius 2 is 1.11 bits per heavy atom. The van der Waals surface area contributed by atoms with Gasteiger partial charge in [-0.1, -0.05) is 0 Å². The summed E-state index contributed by atoms with van der Waals surface area (Å²) in [7, 11) is 15.8. The molecule has 0 aliphatic carbocycles. The van der Waals surface area contributed by atoms with Crippen molar-refractivity contribution in [2.45, 2.75) is 0 Å². The third-order valence-electron chi connectivity index (χ3n) is 0. The quantitative estimate of drug-likeness (QED) is 0.328. The molecule has 0 aliphatic rings. The molecule has 0 saturated carbocycles. The summed E-state index contributed by atoms with van der Waals surface area (Å²) in [6.07, 6.45) is 0. The number of hydrogen-bond donors (Lipinski definition) is 0. The maximum absolute atomic E-state index is 4.89. The van der Waals surface area contributed by atoms with Crippen LogP contribution in [0, 0.1) is 14.1 Å². The fraction of sp³-hybridized carbons (Fsp3) is 0. The summed E-state index contributed by atoms with van der Waals surface area (Å²) in [5.74, 6) is 0. The van der Waals surface area contributed by atoms with Crippen molar-refractivity contribution in [1.82, 2.24) is 0 Å². The van der Waals surface area contributed by atoms with Crippen LogP contribution in [0.25, 0.3) is 0 Å². The first-order chi connectivity index (χ1) is 4.24. The second-order valence-corrected chi connectivity index (χ2v) is 3.10. The van der Waals surface area contributed by atoms with E-state index < -0.39 is 17.0 Å². The molecule has 0 radical (unpaired) electrons. The van der Waals surface area contributed by atoms with E-state index in [1.165, 1.54) is 0 Å². The van der Waals surface area contributed by atoms with Crippen LogP contribution < -0.4 is 0 Å². The molecule has 0 aromatic heterocycles. The molecule has 0 heterocycles. The normalized spacial score (nSPS) is 4.22. The maximum atomic E-state index is 4.89. The van der Waals surface area contributed by atoms with Crippen LogP contribution in [0.3, 0.4) is 0 Å². The molecule has 0 aromatic rings. The molecule has 0 N–H and O–H groups in total. The molecule has 5 heteroatoms. The number of halogens is 2. The molecule has 0 amide bonds. The molecule has 0 saturated heterocycles. The van der Waals surface area contributed by atoms with Gasteiger partial charge in [0.15, 0.2) is 0 Å². The zero-order valence-corrected chi connectivity index (χ0v) is 8.05. The Bertz CT molecular complexity index is 45.8. The van der Waals surface area contributed by atoms with E-state index >= 15 is 0 Å². The first-order valence-corrected chi connectivity index (χ1v) is 5.94. The zero-order valence-electron chi connectivity index (χ0n) is 4.98.